The molecule has 0 aromatic heterocycles. The summed E-state index contributed by atoms with van der Waals surface area (Å²) in [4.78, 5) is 24.2. The van der Waals surface area contributed by atoms with Crippen molar-refractivity contribution < 1.29 is 9.59 Å². The standard InChI is InChI=1S/C20H24N2O2S/c1-4-16-8-10-17(11-9-16)22-20(24)15(3)25-13-19(23)21-18-7-5-6-14(2)12-18/h5-12,15H,4,13H2,1-3H3,(H,21,23)(H,22,24). The highest BCUT2D eigenvalue weighted by Gasteiger charge is 2.15. The predicted octanol–water partition coefficient (Wildman–Crippen LogP) is 4.26. The Balaban J connectivity index is 1.79. The summed E-state index contributed by atoms with van der Waals surface area (Å²) >= 11 is 1.32. The van der Waals surface area contributed by atoms with Crippen molar-refractivity contribution in [2.75, 3.05) is 16.4 Å². The number of benzene rings is 2. The molecule has 0 aliphatic heterocycles. The second kappa shape index (κ2) is 9.28. The van der Waals surface area contributed by atoms with Crippen LogP contribution in [0.5, 0.6) is 0 Å². The van der Waals surface area contributed by atoms with Crippen molar-refractivity contribution in [2.24, 2.45) is 0 Å². The Bertz CT molecular complexity index is 729. The Morgan fingerprint density at radius 3 is 2.40 bits per heavy atom. The average molecular weight is 356 g/mol. The van der Waals surface area contributed by atoms with Crippen molar-refractivity contribution >= 4 is 35.0 Å². The zero-order valence-corrected chi connectivity index (χ0v) is 15.7. The molecular weight excluding hydrogens is 332 g/mol. The maximum Gasteiger partial charge on any atom is 0.237 e. The second-order valence-electron chi connectivity index (χ2n) is 5.91. The van der Waals surface area contributed by atoms with E-state index in [1.807, 2.05) is 55.5 Å². The number of anilines is 2. The van der Waals surface area contributed by atoms with Crippen LogP contribution >= 0.6 is 11.8 Å². The summed E-state index contributed by atoms with van der Waals surface area (Å²) < 4.78 is 0. The Kier molecular flexibility index (Phi) is 7.07. The van der Waals surface area contributed by atoms with Crippen LogP contribution in [0.15, 0.2) is 48.5 Å². The lowest BCUT2D eigenvalue weighted by atomic mass is 10.1. The molecule has 0 fully saturated rings. The molecule has 1 unspecified atom stereocenters. The molecule has 1 atom stereocenters. The van der Waals surface area contributed by atoms with Gasteiger partial charge in [-0.2, -0.15) is 0 Å². The molecule has 132 valence electrons. The summed E-state index contributed by atoms with van der Waals surface area (Å²) in [5.41, 5.74) is 3.87. The molecule has 2 rings (SSSR count). The number of hydrogen-bond donors (Lipinski definition) is 2. The highest BCUT2D eigenvalue weighted by atomic mass is 32.2. The summed E-state index contributed by atoms with van der Waals surface area (Å²) in [6.45, 7) is 5.87. The fourth-order valence-electron chi connectivity index (χ4n) is 2.26. The van der Waals surface area contributed by atoms with E-state index in [4.69, 9.17) is 0 Å². The van der Waals surface area contributed by atoms with Gasteiger partial charge in [0.05, 0.1) is 11.0 Å². The van der Waals surface area contributed by atoms with E-state index in [0.29, 0.717) is 0 Å². The molecule has 0 bridgehead atoms. The van der Waals surface area contributed by atoms with Gasteiger partial charge in [-0.1, -0.05) is 31.2 Å². The number of carbonyl (C=O) groups excluding carboxylic acids is 2. The van der Waals surface area contributed by atoms with Crippen LogP contribution in [0.4, 0.5) is 11.4 Å². The molecule has 0 aliphatic carbocycles. The minimum Gasteiger partial charge on any atom is -0.325 e. The third-order valence-electron chi connectivity index (χ3n) is 3.77. The maximum absolute atomic E-state index is 12.2. The summed E-state index contributed by atoms with van der Waals surface area (Å²) in [6.07, 6.45) is 0.969. The molecule has 2 aromatic rings. The number of thioether (sulfide) groups is 1. The molecule has 0 saturated heterocycles. The molecule has 4 nitrogen and oxygen atoms in total. The van der Waals surface area contributed by atoms with Gasteiger partial charge < -0.3 is 10.6 Å². The summed E-state index contributed by atoms with van der Waals surface area (Å²) in [7, 11) is 0. The van der Waals surface area contributed by atoms with Gasteiger partial charge in [-0.25, -0.2) is 0 Å². The SMILES string of the molecule is CCc1ccc(NC(=O)C(C)SCC(=O)Nc2cccc(C)c2)cc1. The molecule has 0 saturated carbocycles. The largest absolute Gasteiger partial charge is 0.325 e. The smallest absolute Gasteiger partial charge is 0.237 e. The van der Waals surface area contributed by atoms with Gasteiger partial charge in [-0.05, 0) is 55.7 Å². The van der Waals surface area contributed by atoms with E-state index in [1.54, 1.807) is 6.92 Å². The van der Waals surface area contributed by atoms with Crippen molar-refractivity contribution in [3.8, 4) is 0 Å². The summed E-state index contributed by atoms with van der Waals surface area (Å²) in [6, 6.07) is 15.5. The minimum absolute atomic E-state index is 0.0994. The van der Waals surface area contributed by atoms with Crippen molar-refractivity contribution in [3.05, 3.63) is 59.7 Å². The third-order valence-corrected chi connectivity index (χ3v) is 4.91. The van der Waals surface area contributed by atoms with Crippen LogP contribution in [0.1, 0.15) is 25.0 Å². The molecule has 25 heavy (non-hydrogen) atoms. The number of rotatable bonds is 7. The van der Waals surface area contributed by atoms with Crippen LogP contribution in [0.3, 0.4) is 0 Å². The van der Waals surface area contributed by atoms with Crippen molar-refractivity contribution in [2.45, 2.75) is 32.4 Å². The van der Waals surface area contributed by atoms with E-state index < -0.39 is 0 Å². The van der Waals surface area contributed by atoms with Crippen molar-refractivity contribution in [3.63, 3.8) is 0 Å². The Hall–Kier alpha value is -2.27. The van der Waals surface area contributed by atoms with Crippen LogP contribution in [0, 0.1) is 6.92 Å². The topological polar surface area (TPSA) is 58.2 Å². The van der Waals surface area contributed by atoms with Gasteiger partial charge in [0.1, 0.15) is 0 Å². The minimum atomic E-state index is -0.311. The van der Waals surface area contributed by atoms with E-state index in [-0.39, 0.29) is 22.8 Å². The number of aryl methyl sites for hydroxylation is 2. The molecule has 0 aliphatic rings. The summed E-state index contributed by atoms with van der Waals surface area (Å²) in [5, 5.41) is 5.42. The van der Waals surface area contributed by atoms with E-state index in [9.17, 15) is 9.59 Å². The first-order valence-corrected chi connectivity index (χ1v) is 9.40. The Labute approximate surface area is 153 Å². The molecule has 0 spiro atoms. The lowest BCUT2D eigenvalue weighted by Gasteiger charge is -2.12. The lowest BCUT2D eigenvalue weighted by molar-refractivity contribution is -0.115. The van der Waals surface area contributed by atoms with E-state index in [2.05, 4.69) is 17.6 Å². The monoisotopic (exact) mass is 356 g/mol. The molecule has 2 N–H and O–H groups in total. The van der Waals surface area contributed by atoms with Crippen molar-refractivity contribution in [1.29, 1.82) is 0 Å². The van der Waals surface area contributed by atoms with E-state index in [0.717, 1.165) is 23.4 Å². The number of nitrogens with one attached hydrogen (secondary N) is 2. The van der Waals surface area contributed by atoms with Crippen LogP contribution in [0.25, 0.3) is 0 Å². The highest BCUT2D eigenvalue weighted by molar-refractivity contribution is 8.01. The van der Waals surface area contributed by atoms with E-state index >= 15 is 0 Å². The summed E-state index contributed by atoms with van der Waals surface area (Å²) in [5.74, 6) is 0.0252. The lowest BCUT2D eigenvalue weighted by Crippen LogP contribution is -2.25. The van der Waals surface area contributed by atoms with Gasteiger partial charge in [-0.15, -0.1) is 11.8 Å². The van der Waals surface area contributed by atoms with Gasteiger partial charge in [0, 0.05) is 11.4 Å². The van der Waals surface area contributed by atoms with Crippen LogP contribution < -0.4 is 10.6 Å². The molecular formula is C20H24N2O2S. The van der Waals surface area contributed by atoms with Gasteiger partial charge in [-0.3, -0.25) is 9.59 Å². The van der Waals surface area contributed by atoms with Gasteiger partial charge >= 0.3 is 0 Å². The fourth-order valence-corrected chi connectivity index (χ4v) is 2.95. The van der Waals surface area contributed by atoms with Crippen LogP contribution in [-0.4, -0.2) is 22.8 Å². The molecule has 5 heteroatoms. The second-order valence-corrected chi connectivity index (χ2v) is 7.24. The fraction of sp³-hybridized carbons (Fsp3) is 0.300. The molecule has 2 amide bonds. The predicted molar refractivity (Wildman–Crippen MR) is 106 cm³/mol. The van der Waals surface area contributed by atoms with Crippen LogP contribution in [-0.2, 0) is 16.0 Å². The number of carbonyl (C=O) groups is 2. The normalized spacial score (nSPS) is 11.6. The Morgan fingerprint density at radius 1 is 1.04 bits per heavy atom. The number of hydrogen-bond acceptors (Lipinski definition) is 3. The number of amides is 2. The first-order valence-electron chi connectivity index (χ1n) is 8.36. The molecule has 0 heterocycles. The average Bonchev–Trinajstić information content (AvgIpc) is 2.60. The maximum atomic E-state index is 12.2. The third kappa shape index (κ3) is 6.27. The van der Waals surface area contributed by atoms with Crippen molar-refractivity contribution in [1.82, 2.24) is 0 Å². The van der Waals surface area contributed by atoms with Gasteiger partial charge in [0.2, 0.25) is 11.8 Å². The first kappa shape index (κ1) is 19.1. The Morgan fingerprint density at radius 2 is 1.76 bits per heavy atom. The first-order chi connectivity index (χ1) is 12.0. The van der Waals surface area contributed by atoms with E-state index in [1.165, 1.54) is 17.3 Å². The quantitative estimate of drug-likeness (QED) is 0.779. The zero-order valence-electron chi connectivity index (χ0n) is 14.8. The molecule has 0 radical (unpaired) electrons. The van der Waals surface area contributed by atoms with Gasteiger partial charge in [0.25, 0.3) is 0 Å². The zero-order chi connectivity index (χ0) is 18.2. The molecule has 2 aromatic carbocycles. The van der Waals surface area contributed by atoms with Gasteiger partial charge in [0.15, 0.2) is 0 Å². The van der Waals surface area contributed by atoms with Crippen LogP contribution in [0.2, 0.25) is 0 Å². The highest BCUT2D eigenvalue weighted by Crippen LogP contribution is 2.16.